The second-order valence-electron chi connectivity index (χ2n) is 7.67. The standard InChI is InChI=1S/C23H20ClF3N2O4S2/c1-11-9-28-10-12(2)19(11)15-8-18(34-4)13(3)20(21(15)30)22(31)29-17-6-5-14(7-16(17)24)35(32,33)23(25,26)27/h5-10,30H,1-4H3,(H,29,31). The van der Waals surface area contributed by atoms with Gasteiger partial charge in [0.1, 0.15) is 5.75 Å². The number of benzene rings is 2. The molecule has 0 aliphatic heterocycles. The lowest BCUT2D eigenvalue weighted by Crippen LogP contribution is -2.23. The summed E-state index contributed by atoms with van der Waals surface area (Å²) in [5.41, 5.74) is -2.49. The van der Waals surface area contributed by atoms with Crippen molar-refractivity contribution in [2.75, 3.05) is 11.6 Å². The summed E-state index contributed by atoms with van der Waals surface area (Å²) in [5, 5.41) is 13.2. The third-order valence-corrected chi connectivity index (χ3v) is 8.02. The van der Waals surface area contributed by atoms with Crippen LogP contribution in [0.4, 0.5) is 18.9 Å². The summed E-state index contributed by atoms with van der Waals surface area (Å²) < 4.78 is 61.8. The van der Waals surface area contributed by atoms with Crippen LogP contribution < -0.4 is 5.32 Å². The number of carbonyl (C=O) groups excluding carboxylic acids is 1. The minimum atomic E-state index is -5.61. The normalized spacial score (nSPS) is 12.0. The zero-order valence-corrected chi connectivity index (χ0v) is 21.3. The average Bonchev–Trinajstić information content (AvgIpc) is 2.75. The molecule has 35 heavy (non-hydrogen) atoms. The summed E-state index contributed by atoms with van der Waals surface area (Å²) in [6.45, 7) is 5.30. The third kappa shape index (κ3) is 4.98. The highest BCUT2D eigenvalue weighted by atomic mass is 35.5. The molecule has 0 atom stereocenters. The number of pyridine rings is 1. The molecule has 1 aromatic heterocycles. The van der Waals surface area contributed by atoms with Crippen LogP contribution in [-0.4, -0.2) is 36.2 Å². The van der Waals surface area contributed by atoms with E-state index in [1.165, 1.54) is 11.8 Å². The van der Waals surface area contributed by atoms with Gasteiger partial charge in [0.2, 0.25) is 0 Å². The van der Waals surface area contributed by atoms with Gasteiger partial charge in [0, 0.05) is 22.9 Å². The van der Waals surface area contributed by atoms with Gasteiger partial charge in [-0.05, 0) is 73.5 Å². The molecule has 2 aromatic carbocycles. The molecule has 0 unspecified atom stereocenters. The van der Waals surface area contributed by atoms with Crippen molar-refractivity contribution in [3.63, 3.8) is 0 Å². The molecule has 0 aliphatic carbocycles. The molecule has 186 valence electrons. The molecule has 2 N–H and O–H groups in total. The number of alkyl halides is 3. The number of phenols is 1. The Morgan fingerprint density at radius 3 is 2.23 bits per heavy atom. The van der Waals surface area contributed by atoms with Crippen LogP contribution in [-0.2, 0) is 9.84 Å². The van der Waals surface area contributed by atoms with Crippen molar-refractivity contribution >= 4 is 44.8 Å². The Morgan fingerprint density at radius 1 is 1.11 bits per heavy atom. The lowest BCUT2D eigenvalue weighted by molar-refractivity contribution is -0.0436. The highest BCUT2D eigenvalue weighted by Crippen LogP contribution is 2.42. The smallest absolute Gasteiger partial charge is 0.501 e. The van der Waals surface area contributed by atoms with Gasteiger partial charge in [-0.3, -0.25) is 9.78 Å². The number of thioether (sulfide) groups is 1. The van der Waals surface area contributed by atoms with Crippen molar-refractivity contribution < 1.29 is 31.5 Å². The highest BCUT2D eigenvalue weighted by molar-refractivity contribution is 7.98. The van der Waals surface area contributed by atoms with Crippen LogP contribution in [0.15, 0.2) is 46.5 Å². The minimum Gasteiger partial charge on any atom is -0.506 e. The topological polar surface area (TPSA) is 96.4 Å². The highest BCUT2D eigenvalue weighted by Gasteiger charge is 2.47. The van der Waals surface area contributed by atoms with Crippen molar-refractivity contribution in [3.05, 3.63) is 63.9 Å². The predicted molar refractivity (Wildman–Crippen MR) is 130 cm³/mol. The van der Waals surface area contributed by atoms with E-state index in [-0.39, 0.29) is 17.0 Å². The molecular formula is C23H20ClF3N2O4S2. The van der Waals surface area contributed by atoms with Gasteiger partial charge < -0.3 is 10.4 Å². The fraction of sp³-hybridized carbons (Fsp3) is 0.217. The second-order valence-corrected chi connectivity index (χ2v) is 10.9. The van der Waals surface area contributed by atoms with E-state index in [0.717, 1.165) is 22.1 Å². The average molecular weight is 545 g/mol. The molecule has 0 radical (unpaired) electrons. The molecule has 1 heterocycles. The number of aryl methyl sites for hydroxylation is 2. The second kappa shape index (κ2) is 9.71. The number of nitrogens with zero attached hydrogens (tertiary/aromatic N) is 1. The third-order valence-electron chi connectivity index (χ3n) is 5.36. The Bertz CT molecular complexity index is 1420. The number of aromatic nitrogens is 1. The van der Waals surface area contributed by atoms with E-state index in [1.807, 2.05) is 20.1 Å². The predicted octanol–water partition coefficient (Wildman–Crippen LogP) is 6.30. The molecule has 3 rings (SSSR count). The van der Waals surface area contributed by atoms with E-state index < -0.39 is 31.2 Å². The number of anilines is 1. The summed E-state index contributed by atoms with van der Waals surface area (Å²) in [6.07, 6.45) is 5.08. The van der Waals surface area contributed by atoms with Crippen molar-refractivity contribution in [1.82, 2.24) is 4.98 Å². The van der Waals surface area contributed by atoms with Crippen LogP contribution in [0.1, 0.15) is 27.0 Å². The largest absolute Gasteiger partial charge is 0.506 e. The molecular weight excluding hydrogens is 525 g/mol. The monoisotopic (exact) mass is 544 g/mol. The maximum Gasteiger partial charge on any atom is 0.501 e. The molecule has 6 nitrogen and oxygen atoms in total. The van der Waals surface area contributed by atoms with E-state index in [9.17, 15) is 31.5 Å². The van der Waals surface area contributed by atoms with Crippen LogP contribution in [0.5, 0.6) is 5.75 Å². The Labute approximate surface area is 209 Å². The minimum absolute atomic E-state index is 0.0504. The Hall–Kier alpha value is -2.76. The SMILES string of the molecule is CSc1cc(-c2c(C)cncc2C)c(O)c(C(=O)Nc2ccc(S(=O)(=O)C(F)(F)F)cc2Cl)c1C. The van der Waals surface area contributed by atoms with E-state index in [4.69, 9.17) is 11.6 Å². The molecule has 0 bridgehead atoms. The fourth-order valence-electron chi connectivity index (χ4n) is 3.63. The summed E-state index contributed by atoms with van der Waals surface area (Å²) >= 11 is 7.37. The van der Waals surface area contributed by atoms with Gasteiger partial charge in [0.25, 0.3) is 15.7 Å². The Balaban J connectivity index is 2.09. The van der Waals surface area contributed by atoms with Crippen molar-refractivity contribution in [3.8, 4) is 16.9 Å². The lowest BCUT2D eigenvalue weighted by atomic mass is 9.93. The quantitative estimate of drug-likeness (QED) is 0.366. The van der Waals surface area contributed by atoms with E-state index in [2.05, 4.69) is 10.3 Å². The first kappa shape index (κ1) is 26.8. The first-order chi connectivity index (χ1) is 16.2. The first-order valence-electron chi connectivity index (χ1n) is 9.95. The molecule has 0 spiro atoms. The van der Waals surface area contributed by atoms with Crippen molar-refractivity contribution in [2.45, 2.75) is 36.1 Å². The van der Waals surface area contributed by atoms with Crippen LogP contribution >= 0.6 is 23.4 Å². The molecule has 0 saturated carbocycles. The maximum atomic E-state index is 13.2. The number of carbonyl (C=O) groups is 1. The van der Waals surface area contributed by atoms with Crippen LogP contribution in [0.2, 0.25) is 5.02 Å². The number of amides is 1. The number of hydrogen-bond donors (Lipinski definition) is 2. The number of aromatic hydroxyl groups is 1. The molecule has 0 fully saturated rings. The Morgan fingerprint density at radius 2 is 1.71 bits per heavy atom. The van der Waals surface area contributed by atoms with Gasteiger partial charge >= 0.3 is 5.51 Å². The fourth-order valence-corrected chi connectivity index (χ4v) is 5.36. The number of nitrogens with one attached hydrogen (secondary N) is 1. The zero-order chi connectivity index (χ0) is 26.3. The maximum absolute atomic E-state index is 13.2. The van der Waals surface area contributed by atoms with Gasteiger partial charge in [-0.15, -0.1) is 11.8 Å². The molecule has 12 heteroatoms. The van der Waals surface area contributed by atoms with Gasteiger partial charge in [0.15, 0.2) is 0 Å². The van der Waals surface area contributed by atoms with E-state index in [1.54, 1.807) is 25.4 Å². The number of rotatable bonds is 5. The van der Waals surface area contributed by atoms with Gasteiger partial charge in [-0.1, -0.05) is 11.6 Å². The molecule has 0 aliphatic rings. The number of phenolic OH excluding ortho intramolecular Hbond substituents is 1. The summed E-state index contributed by atoms with van der Waals surface area (Å²) in [5.74, 6) is -1.06. The van der Waals surface area contributed by atoms with E-state index >= 15 is 0 Å². The number of sulfone groups is 1. The van der Waals surface area contributed by atoms with Gasteiger partial charge in [0.05, 0.1) is 21.2 Å². The molecule has 0 saturated heterocycles. The number of halogens is 4. The van der Waals surface area contributed by atoms with Gasteiger partial charge in [-0.25, -0.2) is 8.42 Å². The van der Waals surface area contributed by atoms with Crippen LogP contribution in [0.3, 0.4) is 0 Å². The Kier molecular flexibility index (Phi) is 7.45. The van der Waals surface area contributed by atoms with E-state index in [0.29, 0.717) is 28.8 Å². The molecule has 1 amide bonds. The van der Waals surface area contributed by atoms with Crippen molar-refractivity contribution in [1.29, 1.82) is 0 Å². The van der Waals surface area contributed by atoms with Gasteiger partial charge in [-0.2, -0.15) is 13.2 Å². The zero-order valence-electron chi connectivity index (χ0n) is 18.9. The first-order valence-corrected chi connectivity index (χ1v) is 13.0. The summed E-state index contributed by atoms with van der Waals surface area (Å²) in [6, 6.07) is 4.04. The van der Waals surface area contributed by atoms with Crippen molar-refractivity contribution in [2.24, 2.45) is 0 Å². The van der Waals surface area contributed by atoms with Crippen LogP contribution in [0, 0.1) is 20.8 Å². The molecule has 3 aromatic rings. The lowest BCUT2D eigenvalue weighted by Gasteiger charge is -2.19. The van der Waals surface area contributed by atoms with Crippen LogP contribution in [0.25, 0.3) is 11.1 Å². The summed E-state index contributed by atoms with van der Waals surface area (Å²) in [7, 11) is -5.61. The number of hydrogen-bond acceptors (Lipinski definition) is 6. The summed E-state index contributed by atoms with van der Waals surface area (Å²) in [4.78, 5) is 17.0.